The number of aromatic hydroxyl groups is 1. The molecular weight excluding hydrogens is 216 g/mol. The summed E-state index contributed by atoms with van der Waals surface area (Å²) in [7, 11) is 0. The summed E-state index contributed by atoms with van der Waals surface area (Å²) in [5, 5.41) is 12.5. The number of rotatable bonds is 2. The van der Waals surface area contributed by atoms with Crippen LogP contribution in [0.4, 0.5) is 0 Å². The molecular formula is C13H18N2O2. The standard InChI is InChI=1S/C13H18N2O2/c1-10-9-15(7-6-14-10)13(17)8-11-2-4-12(16)5-3-11/h2-5,10,14,16H,6-9H2,1H3. The van der Waals surface area contributed by atoms with Crippen LogP contribution in [0.2, 0.25) is 0 Å². The van der Waals surface area contributed by atoms with Gasteiger partial charge in [0.2, 0.25) is 5.91 Å². The fraction of sp³-hybridized carbons (Fsp3) is 0.462. The number of hydrogen-bond acceptors (Lipinski definition) is 3. The molecule has 1 aliphatic rings. The van der Waals surface area contributed by atoms with Crippen LogP contribution in [0.3, 0.4) is 0 Å². The van der Waals surface area contributed by atoms with Gasteiger partial charge in [0.05, 0.1) is 6.42 Å². The molecule has 0 radical (unpaired) electrons. The summed E-state index contributed by atoms with van der Waals surface area (Å²) in [6, 6.07) is 7.18. The minimum atomic E-state index is 0.157. The average Bonchev–Trinajstić information content (AvgIpc) is 2.32. The molecule has 1 atom stereocenters. The van der Waals surface area contributed by atoms with Crippen LogP contribution in [0.25, 0.3) is 0 Å². The number of carbonyl (C=O) groups excluding carboxylic acids is 1. The molecule has 1 heterocycles. The van der Waals surface area contributed by atoms with Gasteiger partial charge in [-0.15, -0.1) is 0 Å². The van der Waals surface area contributed by atoms with Crippen LogP contribution in [-0.2, 0) is 11.2 Å². The third kappa shape index (κ3) is 3.20. The van der Waals surface area contributed by atoms with Gasteiger partial charge in [-0.25, -0.2) is 0 Å². The summed E-state index contributed by atoms with van der Waals surface area (Å²) in [6.45, 7) is 4.50. The molecule has 4 heteroatoms. The molecule has 2 N–H and O–H groups in total. The van der Waals surface area contributed by atoms with E-state index in [0.717, 1.165) is 25.2 Å². The minimum Gasteiger partial charge on any atom is -0.508 e. The molecule has 0 saturated carbocycles. The number of phenolic OH excluding ortho intramolecular Hbond substituents is 1. The fourth-order valence-electron chi connectivity index (χ4n) is 2.06. The highest BCUT2D eigenvalue weighted by atomic mass is 16.3. The zero-order chi connectivity index (χ0) is 12.3. The number of benzene rings is 1. The monoisotopic (exact) mass is 234 g/mol. The van der Waals surface area contributed by atoms with Crippen LogP contribution < -0.4 is 5.32 Å². The summed E-state index contributed by atoms with van der Waals surface area (Å²) < 4.78 is 0. The van der Waals surface area contributed by atoms with E-state index in [0.29, 0.717) is 12.5 Å². The molecule has 1 aliphatic heterocycles. The van der Waals surface area contributed by atoms with Crippen molar-refractivity contribution in [2.75, 3.05) is 19.6 Å². The molecule has 1 fully saturated rings. The van der Waals surface area contributed by atoms with Crippen molar-refractivity contribution in [3.8, 4) is 5.75 Å². The van der Waals surface area contributed by atoms with Crippen LogP contribution in [-0.4, -0.2) is 41.6 Å². The number of phenols is 1. The zero-order valence-electron chi connectivity index (χ0n) is 10.0. The largest absolute Gasteiger partial charge is 0.508 e. The Balaban J connectivity index is 1.94. The van der Waals surface area contributed by atoms with Crippen LogP contribution in [0.15, 0.2) is 24.3 Å². The molecule has 1 unspecified atom stereocenters. The van der Waals surface area contributed by atoms with Gasteiger partial charge in [-0.2, -0.15) is 0 Å². The van der Waals surface area contributed by atoms with Gasteiger partial charge < -0.3 is 15.3 Å². The zero-order valence-corrected chi connectivity index (χ0v) is 10.0. The SMILES string of the molecule is CC1CN(C(=O)Cc2ccc(O)cc2)CCN1. The van der Waals surface area contributed by atoms with E-state index in [1.54, 1.807) is 24.3 Å². The number of piperazine rings is 1. The maximum absolute atomic E-state index is 12.0. The van der Waals surface area contributed by atoms with E-state index < -0.39 is 0 Å². The number of amides is 1. The van der Waals surface area contributed by atoms with Crippen LogP contribution in [0.5, 0.6) is 5.75 Å². The van der Waals surface area contributed by atoms with Crippen LogP contribution >= 0.6 is 0 Å². The van der Waals surface area contributed by atoms with Crippen molar-refractivity contribution in [3.63, 3.8) is 0 Å². The van der Waals surface area contributed by atoms with Crippen molar-refractivity contribution in [1.29, 1.82) is 0 Å². The highest BCUT2D eigenvalue weighted by Gasteiger charge is 2.20. The van der Waals surface area contributed by atoms with Crippen LogP contribution in [0, 0.1) is 0 Å². The topological polar surface area (TPSA) is 52.6 Å². The van der Waals surface area contributed by atoms with Crippen molar-refractivity contribution < 1.29 is 9.90 Å². The van der Waals surface area contributed by atoms with E-state index in [9.17, 15) is 9.90 Å². The second kappa shape index (κ2) is 5.19. The molecule has 1 saturated heterocycles. The molecule has 1 amide bonds. The molecule has 92 valence electrons. The van der Waals surface area contributed by atoms with Crippen LogP contribution in [0.1, 0.15) is 12.5 Å². The van der Waals surface area contributed by atoms with E-state index in [4.69, 9.17) is 0 Å². The lowest BCUT2D eigenvalue weighted by molar-refractivity contribution is -0.131. The minimum absolute atomic E-state index is 0.157. The first-order valence-electron chi connectivity index (χ1n) is 5.94. The highest BCUT2D eigenvalue weighted by Crippen LogP contribution is 2.11. The Labute approximate surface area is 101 Å². The summed E-state index contributed by atoms with van der Waals surface area (Å²) in [4.78, 5) is 13.9. The smallest absolute Gasteiger partial charge is 0.227 e. The third-order valence-corrected chi connectivity index (χ3v) is 3.01. The van der Waals surface area contributed by atoms with E-state index in [-0.39, 0.29) is 11.7 Å². The summed E-state index contributed by atoms with van der Waals surface area (Å²) in [5.41, 5.74) is 0.944. The Morgan fingerprint density at radius 3 is 2.82 bits per heavy atom. The third-order valence-electron chi connectivity index (χ3n) is 3.01. The molecule has 0 aromatic heterocycles. The second-order valence-corrected chi connectivity index (χ2v) is 4.54. The first-order chi connectivity index (χ1) is 8.15. The molecule has 4 nitrogen and oxygen atoms in total. The molecule has 1 aromatic carbocycles. The van der Waals surface area contributed by atoms with Gasteiger partial charge in [0.25, 0.3) is 0 Å². The Morgan fingerprint density at radius 2 is 2.18 bits per heavy atom. The summed E-state index contributed by atoms with van der Waals surface area (Å²) in [5.74, 6) is 0.390. The quantitative estimate of drug-likeness (QED) is 0.794. The lowest BCUT2D eigenvalue weighted by Crippen LogP contribution is -2.51. The van der Waals surface area contributed by atoms with Crippen molar-refractivity contribution >= 4 is 5.91 Å². The van der Waals surface area contributed by atoms with Gasteiger partial charge in [0.15, 0.2) is 0 Å². The maximum Gasteiger partial charge on any atom is 0.227 e. The first-order valence-corrected chi connectivity index (χ1v) is 5.94. The number of nitrogens with one attached hydrogen (secondary N) is 1. The molecule has 1 aromatic rings. The van der Waals surface area contributed by atoms with Crippen molar-refractivity contribution in [2.24, 2.45) is 0 Å². The Bertz CT molecular complexity index is 389. The number of carbonyl (C=O) groups is 1. The van der Waals surface area contributed by atoms with Crippen molar-refractivity contribution in [2.45, 2.75) is 19.4 Å². The summed E-state index contributed by atoms with van der Waals surface area (Å²) >= 11 is 0. The molecule has 0 aliphatic carbocycles. The fourth-order valence-corrected chi connectivity index (χ4v) is 2.06. The Hall–Kier alpha value is -1.55. The number of nitrogens with zero attached hydrogens (tertiary/aromatic N) is 1. The average molecular weight is 234 g/mol. The van der Waals surface area contributed by atoms with E-state index in [1.165, 1.54) is 0 Å². The van der Waals surface area contributed by atoms with E-state index in [2.05, 4.69) is 12.2 Å². The Morgan fingerprint density at radius 1 is 1.47 bits per heavy atom. The maximum atomic E-state index is 12.0. The van der Waals surface area contributed by atoms with Crippen molar-refractivity contribution in [1.82, 2.24) is 10.2 Å². The van der Waals surface area contributed by atoms with Gasteiger partial charge >= 0.3 is 0 Å². The lowest BCUT2D eigenvalue weighted by atomic mass is 10.1. The molecule has 0 bridgehead atoms. The van der Waals surface area contributed by atoms with Gasteiger partial charge in [0.1, 0.15) is 5.75 Å². The first kappa shape index (κ1) is 11.9. The normalized spacial score (nSPS) is 20.3. The number of hydrogen-bond donors (Lipinski definition) is 2. The lowest BCUT2D eigenvalue weighted by Gasteiger charge is -2.32. The highest BCUT2D eigenvalue weighted by molar-refractivity contribution is 5.79. The molecule has 0 spiro atoms. The predicted molar refractivity (Wildman–Crippen MR) is 65.9 cm³/mol. The van der Waals surface area contributed by atoms with E-state index >= 15 is 0 Å². The summed E-state index contributed by atoms with van der Waals surface area (Å²) in [6.07, 6.45) is 0.410. The van der Waals surface area contributed by atoms with Gasteiger partial charge in [-0.3, -0.25) is 4.79 Å². The predicted octanol–water partition coefficient (Wildman–Crippen LogP) is 0.755. The van der Waals surface area contributed by atoms with Gasteiger partial charge in [-0.05, 0) is 24.6 Å². The van der Waals surface area contributed by atoms with Gasteiger partial charge in [0, 0.05) is 25.7 Å². The van der Waals surface area contributed by atoms with Gasteiger partial charge in [-0.1, -0.05) is 12.1 Å². The molecule has 17 heavy (non-hydrogen) atoms. The van der Waals surface area contributed by atoms with Crippen molar-refractivity contribution in [3.05, 3.63) is 29.8 Å². The van der Waals surface area contributed by atoms with E-state index in [1.807, 2.05) is 4.90 Å². The Kier molecular flexibility index (Phi) is 3.64. The molecule has 2 rings (SSSR count). The second-order valence-electron chi connectivity index (χ2n) is 4.54.